The van der Waals surface area contributed by atoms with Crippen LogP contribution in [0, 0.1) is 0 Å². The fraction of sp³-hybridized carbons (Fsp3) is 0.0476. The molecule has 0 atom stereocenters. The van der Waals surface area contributed by atoms with Crippen LogP contribution >= 0.6 is 28.5 Å². The molecule has 3 nitrogen and oxygen atoms in total. The first-order valence-corrected chi connectivity index (χ1v) is 8.99. The third kappa shape index (κ3) is 4.18. The summed E-state index contributed by atoms with van der Waals surface area (Å²) in [6, 6.07) is 31.0. The molecule has 0 aliphatic heterocycles. The topological polar surface area (TPSA) is 28.8 Å². The Kier molecular flexibility index (Phi) is 6.15. The molecule has 1 N–H and O–H groups in total. The average molecular weight is 425 g/mol. The molecule has 0 saturated carbocycles. The quantitative estimate of drug-likeness (QED) is 0.441. The Morgan fingerprint density at radius 2 is 1.35 bits per heavy atom. The van der Waals surface area contributed by atoms with E-state index in [4.69, 9.17) is 4.98 Å². The van der Waals surface area contributed by atoms with E-state index in [1.165, 1.54) is 5.56 Å². The minimum atomic E-state index is 0. The zero-order chi connectivity index (χ0) is 16.9. The van der Waals surface area contributed by atoms with Gasteiger partial charge in [0.05, 0.1) is 5.56 Å². The van der Waals surface area contributed by atoms with Crippen molar-refractivity contribution in [2.75, 3.05) is 5.32 Å². The number of hydrogen-bond donors (Lipinski definition) is 1. The summed E-state index contributed by atoms with van der Waals surface area (Å²) >= 11 is 1.62. The highest BCUT2D eigenvalue weighted by atomic mass is 79.9. The molecule has 0 aliphatic carbocycles. The first-order valence-electron chi connectivity index (χ1n) is 8.22. The van der Waals surface area contributed by atoms with E-state index in [1.54, 1.807) is 11.5 Å². The Hall–Kier alpha value is -2.50. The maximum absolute atomic E-state index is 4.84. The molecule has 0 bridgehead atoms. The molecule has 0 unspecified atom stereocenters. The van der Waals surface area contributed by atoms with E-state index in [2.05, 4.69) is 57.8 Å². The number of benzene rings is 3. The number of nitrogens with one attached hydrogen (secondary N) is 1. The van der Waals surface area contributed by atoms with Crippen LogP contribution in [0.5, 0.6) is 0 Å². The Morgan fingerprint density at radius 1 is 0.769 bits per heavy atom. The summed E-state index contributed by atoms with van der Waals surface area (Å²) in [4.78, 5) is 4.84. The number of anilines is 1. The second-order valence-corrected chi connectivity index (χ2v) is 6.60. The van der Waals surface area contributed by atoms with Gasteiger partial charge in [-0.2, -0.15) is 0 Å². The lowest BCUT2D eigenvalue weighted by molar-refractivity contribution is -0.509. The average Bonchev–Trinajstić information content (AvgIpc) is 3.13. The lowest BCUT2D eigenvalue weighted by Gasteiger charge is -1.98. The number of rotatable bonds is 5. The molecule has 4 aromatic rings. The molecule has 0 radical (unpaired) electrons. The number of aromatic nitrogens is 2. The van der Waals surface area contributed by atoms with Crippen molar-refractivity contribution < 1.29 is 3.96 Å². The van der Waals surface area contributed by atoms with Gasteiger partial charge >= 0.3 is 11.0 Å². The van der Waals surface area contributed by atoms with Gasteiger partial charge in [-0.25, -0.2) is 0 Å². The first kappa shape index (κ1) is 18.3. The third-order valence-electron chi connectivity index (χ3n) is 3.89. The molecule has 0 amide bonds. The standard InChI is InChI=1S/C21H17N3S.BrH/c1-4-10-17(11-5-1)16-22-21-23-20(18-12-6-2-7-13-18)24(25-21)19-14-8-3-9-15-19;/h1-15H,16H2;1H/p+1. The minimum Gasteiger partial charge on any atom is -0.334 e. The summed E-state index contributed by atoms with van der Waals surface area (Å²) in [5.41, 5.74) is 3.47. The van der Waals surface area contributed by atoms with Crippen LogP contribution in [0.2, 0.25) is 0 Å². The summed E-state index contributed by atoms with van der Waals surface area (Å²) in [6.45, 7) is 0.761. The Morgan fingerprint density at radius 3 is 2.00 bits per heavy atom. The molecule has 1 aromatic heterocycles. The highest BCUT2D eigenvalue weighted by molar-refractivity contribution is 8.93. The molecule has 4 rings (SSSR count). The van der Waals surface area contributed by atoms with Gasteiger partial charge in [0.2, 0.25) is 0 Å². The highest BCUT2D eigenvalue weighted by Crippen LogP contribution is 2.22. The van der Waals surface area contributed by atoms with E-state index in [0.717, 1.165) is 28.8 Å². The van der Waals surface area contributed by atoms with Crippen molar-refractivity contribution >= 4 is 33.6 Å². The van der Waals surface area contributed by atoms with Crippen LogP contribution in [0.25, 0.3) is 17.1 Å². The maximum Gasteiger partial charge on any atom is 0.350 e. The largest absolute Gasteiger partial charge is 0.350 e. The molecule has 3 aromatic carbocycles. The predicted octanol–water partition coefficient (Wildman–Crippen LogP) is 5.28. The minimum absolute atomic E-state index is 0. The summed E-state index contributed by atoms with van der Waals surface area (Å²) < 4.78 is 2.17. The smallest absolute Gasteiger partial charge is 0.334 e. The van der Waals surface area contributed by atoms with E-state index < -0.39 is 0 Å². The van der Waals surface area contributed by atoms with Gasteiger partial charge in [-0.05, 0) is 34.8 Å². The van der Waals surface area contributed by atoms with Crippen LogP contribution < -0.4 is 9.27 Å². The van der Waals surface area contributed by atoms with E-state index in [0.29, 0.717) is 0 Å². The van der Waals surface area contributed by atoms with Crippen molar-refractivity contribution in [2.45, 2.75) is 6.54 Å². The van der Waals surface area contributed by atoms with Crippen molar-refractivity contribution in [2.24, 2.45) is 0 Å². The van der Waals surface area contributed by atoms with Crippen molar-refractivity contribution in [1.29, 1.82) is 0 Å². The molecule has 5 heteroatoms. The monoisotopic (exact) mass is 424 g/mol. The molecule has 0 aliphatic rings. The van der Waals surface area contributed by atoms with Gasteiger partial charge in [0.15, 0.2) is 0 Å². The Balaban J connectivity index is 0.00000196. The highest BCUT2D eigenvalue weighted by Gasteiger charge is 2.23. The molecule has 130 valence electrons. The Labute approximate surface area is 167 Å². The number of nitrogens with zero attached hydrogens (tertiary/aromatic N) is 2. The second kappa shape index (κ2) is 8.74. The molecule has 1 heterocycles. The van der Waals surface area contributed by atoms with Gasteiger partial charge in [-0.3, -0.25) is 0 Å². The third-order valence-corrected chi connectivity index (χ3v) is 4.86. The van der Waals surface area contributed by atoms with Gasteiger partial charge in [0.25, 0.3) is 0 Å². The zero-order valence-corrected chi connectivity index (χ0v) is 16.6. The van der Waals surface area contributed by atoms with E-state index in [-0.39, 0.29) is 17.0 Å². The predicted molar refractivity (Wildman–Crippen MR) is 113 cm³/mol. The van der Waals surface area contributed by atoms with Crippen molar-refractivity contribution in [3.05, 3.63) is 96.6 Å². The van der Waals surface area contributed by atoms with Crippen molar-refractivity contribution in [3.63, 3.8) is 0 Å². The summed E-state index contributed by atoms with van der Waals surface area (Å²) in [5.74, 6) is 0.951. The maximum atomic E-state index is 4.84. The number of para-hydroxylation sites is 1. The summed E-state index contributed by atoms with van der Waals surface area (Å²) in [6.07, 6.45) is 0. The first-order chi connectivity index (χ1) is 12.4. The van der Waals surface area contributed by atoms with Crippen molar-refractivity contribution in [1.82, 2.24) is 4.98 Å². The lowest BCUT2D eigenvalue weighted by atomic mass is 10.2. The Bertz CT molecular complexity index is 884. The molecular weight excluding hydrogens is 406 g/mol. The number of halogens is 1. The van der Waals surface area contributed by atoms with Crippen LogP contribution in [0.1, 0.15) is 5.56 Å². The van der Waals surface area contributed by atoms with Crippen LogP contribution in [0.15, 0.2) is 91.0 Å². The SMILES string of the molecule is Br.c1ccc(CNc2nc(-c3ccccc3)[n+](-c3ccccc3)s2)cc1. The zero-order valence-electron chi connectivity index (χ0n) is 14.1. The van der Waals surface area contributed by atoms with E-state index in [9.17, 15) is 0 Å². The van der Waals surface area contributed by atoms with Crippen LogP contribution in [-0.4, -0.2) is 4.98 Å². The van der Waals surface area contributed by atoms with Crippen LogP contribution in [-0.2, 0) is 6.54 Å². The van der Waals surface area contributed by atoms with Gasteiger partial charge in [-0.15, -0.1) is 20.9 Å². The van der Waals surface area contributed by atoms with E-state index in [1.807, 2.05) is 42.5 Å². The van der Waals surface area contributed by atoms with Crippen LogP contribution in [0.4, 0.5) is 5.13 Å². The molecular formula is C21H19BrN3S+. The molecule has 0 saturated heterocycles. The summed E-state index contributed by atoms with van der Waals surface area (Å²) in [5, 5.41) is 4.36. The van der Waals surface area contributed by atoms with Crippen LogP contribution in [0.3, 0.4) is 0 Å². The van der Waals surface area contributed by atoms with Gasteiger partial charge < -0.3 is 5.32 Å². The van der Waals surface area contributed by atoms with E-state index >= 15 is 0 Å². The lowest BCUT2D eigenvalue weighted by Crippen LogP contribution is -2.27. The molecule has 26 heavy (non-hydrogen) atoms. The normalized spacial score (nSPS) is 10.2. The van der Waals surface area contributed by atoms with Gasteiger partial charge in [0, 0.05) is 6.54 Å². The molecule has 0 fully saturated rings. The second-order valence-electron chi connectivity index (χ2n) is 5.67. The van der Waals surface area contributed by atoms with Gasteiger partial charge in [-0.1, -0.05) is 66.7 Å². The van der Waals surface area contributed by atoms with Crippen molar-refractivity contribution in [3.8, 4) is 17.1 Å². The fourth-order valence-corrected chi connectivity index (χ4v) is 3.54. The fourth-order valence-electron chi connectivity index (χ4n) is 2.64. The summed E-state index contributed by atoms with van der Waals surface area (Å²) in [7, 11) is 0. The van der Waals surface area contributed by atoms with Gasteiger partial charge in [0.1, 0.15) is 17.2 Å². The number of hydrogen-bond acceptors (Lipinski definition) is 3. The molecule has 0 spiro atoms.